The van der Waals surface area contributed by atoms with E-state index in [1.54, 1.807) is 12.3 Å². The average Bonchev–Trinajstić information content (AvgIpc) is 3.57. The van der Waals surface area contributed by atoms with Crippen molar-refractivity contribution in [3.05, 3.63) is 83.2 Å². The molecule has 0 spiro atoms. The number of aryl methyl sites for hydroxylation is 1. The van der Waals surface area contributed by atoms with E-state index >= 15 is 0 Å². The van der Waals surface area contributed by atoms with Gasteiger partial charge in [-0.05, 0) is 43.7 Å². The Morgan fingerprint density at radius 1 is 1.12 bits per heavy atom. The summed E-state index contributed by atoms with van der Waals surface area (Å²) in [7, 11) is 0. The number of ketones is 1. The van der Waals surface area contributed by atoms with E-state index in [4.69, 9.17) is 4.42 Å². The Morgan fingerprint density at radius 3 is 2.73 bits per heavy atom. The lowest BCUT2D eigenvalue weighted by atomic mass is 10.0. The molecular weight excluding hydrogens is 420 g/mol. The van der Waals surface area contributed by atoms with Crippen LogP contribution in [0.4, 0.5) is 4.79 Å². The molecule has 1 aliphatic heterocycles. The molecule has 1 saturated heterocycles. The van der Waals surface area contributed by atoms with E-state index < -0.39 is 12.1 Å². The van der Waals surface area contributed by atoms with Crippen molar-refractivity contribution >= 4 is 28.6 Å². The third-order valence-corrected chi connectivity index (χ3v) is 6.28. The molecule has 1 atom stereocenters. The van der Waals surface area contributed by atoms with E-state index in [9.17, 15) is 14.4 Å². The number of aromatic amines is 1. The molecule has 3 aromatic heterocycles. The highest BCUT2D eigenvalue weighted by atomic mass is 16.3. The van der Waals surface area contributed by atoms with Crippen molar-refractivity contribution in [2.75, 3.05) is 6.54 Å². The van der Waals surface area contributed by atoms with E-state index in [1.807, 2.05) is 61.0 Å². The first-order valence-corrected chi connectivity index (χ1v) is 10.8. The molecule has 1 fully saturated rings. The van der Waals surface area contributed by atoms with Crippen molar-refractivity contribution in [1.29, 1.82) is 0 Å². The highest BCUT2D eigenvalue weighted by Crippen LogP contribution is 2.22. The maximum absolute atomic E-state index is 13.1. The van der Waals surface area contributed by atoms with Crippen LogP contribution in [0.1, 0.15) is 33.1 Å². The van der Waals surface area contributed by atoms with Crippen LogP contribution in [-0.2, 0) is 17.8 Å². The van der Waals surface area contributed by atoms with Gasteiger partial charge in [-0.2, -0.15) is 0 Å². The normalized spacial score (nSPS) is 16.1. The van der Waals surface area contributed by atoms with Crippen molar-refractivity contribution in [2.45, 2.75) is 32.9 Å². The summed E-state index contributed by atoms with van der Waals surface area (Å²) in [6.07, 6.45) is 3.82. The second-order valence-electron chi connectivity index (χ2n) is 8.36. The standard InChI is InChI=1S/C25H24N4O4/c1-15-10-20(16(2)28(15)13-18-6-5-9-33-18)23(30)14-29-24(31)22(27-25(29)32)11-17-12-26-21-8-4-3-7-19(17)21/h3-10,12,22,26H,11,13-14H2,1-2H3,(H,27,32)/t22-/m0/s1. The maximum atomic E-state index is 13.1. The Morgan fingerprint density at radius 2 is 1.94 bits per heavy atom. The van der Waals surface area contributed by atoms with E-state index in [0.717, 1.165) is 38.5 Å². The zero-order chi connectivity index (χ0) is 23.1. The van der Waals surface area contributed by atoms with Gasteiger partial charge in [-0.25, -0.2) is 4.79 Å². The average molecular weight is 444 g/mol. The van der Waals surface area contributed by atoms with Crippen molar-refractivity contribution in [3.63, 3.8) is 0 Å². The van der Waals surface area contributed by atoms with E-state index in [-0.39, 0.29) is 18.2 Å². The molecule has 0 unspecified atom stereocenters. The summed E-state index contributed by atoms with van der Waals surface area (Å²) >= 11 is 0. The van der Waals surface area contributed by atoms with Gasteiger partial charge in [-0.15, -0.1) is 0 Å². The lowest BCUT2D eigenvalue weighted by molar-refractivity contribution is -0.127. The first-order valence-electron chi connectivity index (χ1n) is 10.8. The van der Waals surface area contributed by atoms with Gasteiger partial charge >= 0.3 is 6.03 Å². The summed E-state index contributed by atoms with van der Waals surface area (Å²) in [5, 5.41) is 3.74. The van der Waals surface area contributed by atoms with Gasteiger partial charge in [0.25, 0.3) is 5.91 Å². The Balaban J connectivity index is 1.31. The molecule has 4 aromatic rings. The number of imide groups is 1. The summed E-state index contributed by atoms with van der Waals surface area (Å²) in [5.41, 5.74) is 4.10. The number of nitrogens with zero attached hydrogens (tertiary/aromatic N) is 2. The molecule has 33 heavy (non-hydrogen) atoms. The van der Waals surface area contributed by atoms with Crippen LogP contribution in [0, 0.1) is 13.8 Å². The topological polar surface area (TPSA) is 100 Å². The molecule has 1 aliphatic rings. The number of benzene rings is 1. The predicted octanol–water partition coefficient (Wildman–Crippen LogP) is 3.57. The number of amides is 3. The molecule has 8 nitrogen and oxygen atoms in total. The molecule has 0 saturated carbocycles. The second-order valence-corrected chi connectivity index (χ2v) is 8.36. The fraction of sp³-hybridized carbons (Fsp3) is 0.240. The first kappa shape index (κ1) is 20.8. The van der Waals surface area contributed by atoms with E-state index in [0.29, 0.717) is 18.5 Å². The van der Waals surface area contributed by atoms with Crippen molar-refractivity contribution in [2.24, 2.45) is 0 Å². The number of hydrogen-bond donors (Lipinski definition) is 2. The molecule has 3 amide bonds. The van der Waals surface area contributed by atoms with Crippen LogP contribution in [0.3, 0.4) is 0 Å². The number of H-pyrrole nitrogens is 1. The number of carbonyl (C=O) groups is 3. The van der Waals surface area contributed by atoms with Gasteiger partial charge in [0.05, 0.1) is 19.4 Å². The minimum absolute atomic E-state index is 0.273. The summed E-state index contributed by atoms with van der Waals surface area (Å²) < 4.78 is 7.40. The molecular formula is C25H24N4O4. The molecule has 1 aromatic carbocycles. The summed E-state index contributed by atoms with van der Waals surface area (Å²) in [4.78, 5) is 42.8. The number of rotatable bonds is 7. The van der Waals surface area contributed by atoms with Gasteiger partial charge < -0.3 is 19.3 Å². The molecule has 4 heterocycles. The van der Waals surface area contributed by atoms with Crippen LogP contribution in [0.2, 0.25) is 0 Å². The van der Waals surface area contributed by atoms with Gasteiger partial charge in [0, 0.05) is 40.5 Å². The Kier molecular flexibility index (Phi) is 5.12. The maximum Gasteiger partial charge on any atom is 0.325 e. The molecule has 8 heteroatoms. The largest absolute Gasteiger partial charge is 0.467 e. The molecule has 0 radical (unpaired) electrons. The number of nitrogens with one attached hydrogen (secondary N) is 2. The summed E-state index contributed by atoms with van der Waals surface area (Å²) in [5.74, 6) is 0.123. The predicted molar refractivity (Wildman–Crippen MR) is 122 cm³/mol. The van der Waals surface area contributed by atoms with Gasteiger partial charge in [0.2, 0.25) is 0 Å². The van der Waals surface area contributed by atoms with Crippen molar-refractivity contribution < 1.29 is 18.8 Å². The van der Waals surface area contributed by atoms with Gasteiger partial charge in [-0.3, -0.25) is 14.5 Å². The Labute approximate surface area is 190 Å². The number of hydrogen-bond acceptors (Lipinski definition) is 4. The highest BCUT2D eigenvalue weighted by Gasteiger charge is 2.39. The third kappa shape index (κ3) is 3.73. The minimum Gasteiger partial charge on any atom is -0.467 e. The zero-order valence-corrected chi connectivity index (χ0v) is 18.4. The van der Waals surface area contributed by atoms with Crippen molar-refractivity contribution in [1.82, 2.24) is 19.8 Å². The van der Waals surface area contributed by atoms with Gasteiger partial charge in [0.15, 0.2) is 5.78 Å². The van der Waals surface area contributed by atoms with Crippen LogP contribution in [0.5, 0.6) is 0 Å². The second kappa shape index (κ2) is 8.12. The minimum atomic E-state index is -0.698. The molecule has 168 valence electrons. The van der Waals surface area contributed by atoms with Crippen LogP contribution >= 0.6 is 0 Å². The molecule has 0 bridgehead atoms. The molecule has 5 rings (SSSR count). The smallest absolute Gasteiger partial charge is 0.325 e. The van der Waals surface area contributed by atoms with E-state index in [2.05, 4.69) is 10.3 Å². The Hall–Kier alpha value is -4.07. The number of furan rings is 1. The number of fused-ring (bicyclic) bond motifs is 1. The lowest BCUT2D eigenvalue weighted by Crippen LogP contribution is -2.36. The lowest BCUT2D eigenvalue weighted by Gasteiger charge is -2.13. The fourth-order valence-electron chi connectivity index (χ4n) is 4.50. The fourth-order valence-corrected chi connectivity index (χ4v) is 4.50. The first-order chi connectivity index (χ1) is 15.9. The Bertz CT molecular complexity index is 1360. The van der Waals surface area contributed by atoms with Gasteiger partial charge in [0.1, 0.15) is 11.8 Å². The summed E-state index contributed by atoms with van der Waals surface area (Å²) in [6.45, 7) is 3.99. The van der Waals surface area contributed by atoms with Crippen LogP contribution in [0.15, 0.2) is 59.3 Å². The van der Waals surface area contributed by atoms with Crippen LogP contribution < -0.4 is 5.32 Å². The number of para-hydroxylation sites is 1. The molecule has 0 aliphatic carbocycles. The van der Waals surface area contributed by atoms with Crippen LogP contribution in [-0.4, -0.2) is 44.8 Å². The number of aromatic nitrogens is 2. The quantitative estimate of drug-likeness (QED) is 0.336. The number of urea groups is 1. The zero-order valence-electron chi connectivity index (χ0n) is 18.4. The molecule has 2 N–H and O–H groups in total. The highest BCUT2D eigenvalue weighted by molar-refractivity contribution is 6.09. The van der Waals surface area contributed by atoms with Gasteiger partial charge in [-0.1, -0.05) is 18.2 Å². The van der Waals surface area contributed by atoms with Crippen molar-refractivity contribution in [3.8, 4) is 0 Å². The van der Waals surface area contributed by atoms with Crippen LogP contribution in [0.25, 0.3) is 10.9 Å². The summed E-state index contributed by atoms with van der Waals surface area (Å²) in [6, 6.07) is 12.1. The number of Topliss-reactive ketones (excluding diaryl/α,β-unsaturated/α-hetero) is 1. The SMILES string of the molecule is Cc1cc(C(=O)CN2C(=O)N[C@@H](Cc3c[nH]c4ccccc34)C2=O)c(C)n1Cc1ccco1. The number of carbonyl (C=O) groups excluding carboxylic acids is 3. The van der Waals surface area contributed by atoms with E-state index in [1.165, 1.54) is 0 Å². The monoisotopic (exact) mass is 444 g/mol. The third-order valence-electron chi connectivity index (χ3n) is 6.28.